The van der Waals surface area contributed by atoms with E-state index in [0.29, 0.717) is 18.4 Å². The van der Waals surface area contributed by atoms with E-state index in [1.165, 1.54) is 18.2 Å². The fourth-order valence-corrected chi connectivity index (χ4v) is 2.78. The zero-order valence-electron chi connectivity index (χ0n) is 10.1. The Morgan fingerprint density at radius 1 is 1.29 bits per heavy atom. The van der Waals surface area contributed by atoms with Crippen molar-refractivity contribution in [2.24, 2.45) is 0 Å². The Hall–Kier alpha value is -0.870. The Bertz CT molecular complexity index is 456. The van der Waals surface area contributed by atoms with Gasteiger partial charge in [-0.05, 0) is 24.9 Å². The molecule has 0 amide bonds. The average molecular weight is 253 g/mol. The molecule has 94 valence electrons. The molecule has 4 heteroatoms. The van der Waals surface area contributed by atoms with E-state index in [4.69, 9.17) is 0 Å². The fourth-order valence-electron chi connectivity index (χ4n) is 2.11. The molecular formula is C13H19NO2S. The zero-order valence-corrected chi connectivity index (χ0v) is 10.9. The summed E-state index contributed by atoms with van der Waals surface area (Å²) in [5, 5.41) is 3.41. The lowest BCUT2D eigenvalue weighted by molar-refractivity contribution is 0.593. The molecule has 0 heterocycles. The van der Waals surface area contributed by atoms with E-state index in [1.807, 2.05) is 6.07 Å². The summed E-state index contributed by atoms with van der Waals surface area (Å²) in [6.45, 7) is 0.793. The van der Waals surface area contributed by atoms with Crippen molar-refractivity contribution in [2.45, 2.75) is 24.8 Å². The minimum Gasteiger partial charge on any atom is -0.313 e. The molecule has 1 aromatic carbocycles. The molecule has 0 aromatic heterocycles. The summed E-state index contributed by atoms with van der Waals surface area (Å²) in [7, 11) is -2.81. The first-order valence-electron chi connectivity index (χ1n) is 6.02. The van der Waals surface area contributed by atoms with Crippen LogP contribution in [-0.2, 0) is 9.84 Å². The lowest BCUT2D eigenvalue weighted by Gasteiger charge is -2.03. The number of benzene rings is 1. The predicted molar refractivity (Wildman–Crippen MR) is 69.9 cm³/mol. The van der Waals surface area contributed by atoms with Crippen LogP contribution >= 0.6 is 0 Å². The van der Waals surface area contributed by atoms with E-state index in [2.05, 4.69) is 29.6 Å². The van der Waals surface area contributed by atoms with E-state index in [0.717, 1.165) is 6.54 Å². The molecule has 1 fully saturated rings. The molecule has 1 aliphatic carbocycles. The van der Waals surface area contributed by atoms with Gasteiger partial charge in [-0.3, -0.25) is 0 Å². The molecule has 17 heavy (non-hydrogen) atoms. The largest absolute Gasteiger partial charge is 0.313 e. The van der Waals surface area contributed by atoms with E-state index < -0.39 is 9.84 Å². The normalized spacial score (nSPS) is 23.6. The summed E-state index contributed by atoms with van der Waals surface area (Å²) in [4.78, 5) is 0. The van der Waals surface area contributed by atoms with Gasteiger partial charge in [-0.2, -0.15) is 0 Å². The van der Waals surface area contributed by atoms with Crippen LogP contribution in [0.4, 0.5) is 0 Å². The third kappa shape index (κ3) is 4.13. The van der Waals surface area contributed by atoms with Gasteiger partial charge in [0, 0.05) is 18.2 Å². The Labute approximate surface area is 103 Å². The Balaban J connectivity index is 1.67. The highest BCUT2D eigenvalue weighted by atomic mass is 32.2. The summed E-state index contributed by atoms with van der Waals surface area (Å²) in [5.41, 5.74) is 1.38. The van der Waals surface area contributed by atoms with Gasteiger partial charge in [0.1, 0.15) is 9.84 Å². The van der Waals surface area contributed by atoms with E-state index >= 15 is 0 Å². The molecule has 3 nitrogen and oxygen atoms in total. The summed E-state index contributed by atoms with van der Waals surface area (Å²) >= 11 is 0. The highest BCUT2D eigenvalue weighted by Crippen LogP contribution is 2.40. The van der Waals surface area contributed by atoms with Gasteiger partial charge in [0.25, 0.3) is 0 Å². The van der Waals surface area contributed by atoms with E-state index in [9.17, 15) is 8.42 Å². The predicted octanol–water partition coefficient (Wildman–Crippen LogP) is 1.57. The minimum absolute atomic E-state index is 0.280. The van der Waals surface area contributed by atoms with Crippen LogP contribution < -0.4 is 5.32 Å². The maximum Gasteiger partial charge on any atom is 0.147 e. The lowest BCUT2D eigenvalue weighted by atomic mass is 10.1. The SMILES string of the molecule is CS(=O)(=O)CCCNC1CC1c1ccccc1. The van der Waals surface area contributed by atoms with Crippen molar-refractivity contribution < 1.29 is 8.42 Å². The number of hydrogen-bond acceptors (Lipinski definition) is 3. The molecule has 0 aliphatic heterocycles. The first kappa shape index (κ1) is 12.6. The fraction of sp³-hybridized carbons (Fsp3) is 0.538. The first-order valence-corrected chi connectivity index (χ1v) is 8.08. The van der Waals surface area contributed by atoms with Crippen LogP contribution in [0.2, 0.25) is 0 Å². The van der Waals surface area contributed by atoms with Crippen LogP contribution in [-0.4, -0.2) is 33.0 Å². The maximum absolute atomic E-state index is 10.9. The van der Waals surface area contributed by atoms with Crippen LogP contribution in [0.5, 0.6) is 0 Å². The molecule has 2 rings (SSSR count). The second-order valence-electron chi connectivity index (χ2n) is 4.80. The number of rotatable bonds is 6. The van der Waals surface area contributed by atoms with Gasteiger partial charge in [0.05, 0.1) is 5.75 Å². The van der Waals surface area contributed by atoms with Crippen LogP contribution in [0.25, 0.3) is 0 Å². The maximum atomic E-state index is 10.9. The van der Waals surface area contributed by atoms with E-state index in [-0.39, 0.29) is 5.75 Å². The van der Waals surface area contributed by atoms with Gasteiger partial charge in [0.15, 0.2) is 0 Å². The molecular weight excluding hydrogens is 234 g/mol. The minimum atomic E-state index is -2.81. The quantitative estimate of drug-likeness (QED) is 0.783. The van der Waals surface area contributed by atoms with Crippen molar-refractivity contribution in [2.75, 3.05) is 18.6 Å². The van der Waals surface area contributed by atoms with Crippen molar-refractivity contribution >= 4 is 9.84 Å². The molecule has 1 aliphatic rings. The number of sulfone groups is 1. The molecule has 2 atom stereocenters. The topological polar surface area (TPSA) is 46.2 Å². The lowest BCUT2D eigenvalue weighted by Crippen LogP contribution is -2.21. The Kier molecular flexibility index (Phi) is 3.84. The average Bonchev–Trinajstić information content (AvgIpc) is 3.04. The van der Waals surface area contributed by atoms with Crippen molar-refractivity contribution in [3.05, 3.63) is 35.9 Å². The first-order chi connectivity index (χ1) is 8.06. The molecule has 1 saturated carbocycles. The van der Waals surface area contributed by atoms with Gasteiger partial charge < -0.3 is 5.32 Å². The van der Waals surface area contributed by atoms with Gasteiger partial charge in [-0.25, -0.2) is 8.42 Å². The summed E-state index contributed by atoms with van der Waals surface area (Å²) in [6, 6.07) is 11.0. The van der Waals surface area contributed by atoms with Crippen molar-refractivity contribution in [3.63, 3.8) is 0 Å². The van der Waals surface area contributed by atoms with Crippen molar-refractivity contribution in [3.8, 4) is 0 Å². The summed E-state index contributed by atoms with van der Waals surface area (Å²) < 4.78 is 21.9. The molecule has 0 spiro atoms. The monoisotopic (exact) mass is 253 g/mol. The standard InChI is InChI=1S/C13H19NO2S/c1-17(15,16)9-5-8-14-13-10-12(13)11-6-3-2-4-7-11/h2-4,6-7,12-14H,5,8-10H2,1H3. The summed E-state index contributed by atoms with van der Waals surface area (Å²) in [5.74, 6) is 0.900. The molecule has 1 N–H and O–H groups in total. The number of nitrogens with one attached hydrogen (secondary N) is 1. The van der Waals surface area contributed by atoms with Crippen LogP contribution in [0, 0.1) is 0 Å². The van der Waals surface area contributed by atoms with Gasteiger partial charge in [0.2, 0.25) is 0 Å². The summed E-state index contributed by atoms with van der Waals surface area (Å²) in [6.07, 6.45) is 3.16. The number of hydrogen-bond donors (Lipinski definition) is 1. The highest BCUT2D eigenvalue weighted by Gasteiger charge is 2.37. The Morgan fingerprint density at radius 2 is 2.00 bits per heavy atom. The van der Waals surface area contributed by atoms with Gasteiger partial charge >= 0.3 is 0 Å². The second kappa shape index (κ2) is 5.19. The zero-order chi connectivity index (χ0) is 12.3. The molecule has 0 radical (unpaired) electrons. The van der Waals surface area contributed by atoms with E-state index in [1.54, 1.807) is 0 Å². The van der Waals surface area contributed by atoms with Crippen LogP contribution in [0.3, 0.4) is 0 Å². The van der Waals surface area contributed by atoms with Gasteiger partial charge in [-0.15, -0.1) is 0 Å². The third-order valence-electron chi connectivity index (χ3n) is 3.12. The van der Waals surface area contributed by atoms with Crippen LogP contribution in [0.15, 0.2) is 30.3 Å². The highest BCUT2D eigenvalue weighted by molar-refractivity contribution is 7.90. The van der Waals surface area contributed by atoms with Gasteiger partial charge in [-0.1, -0.05) is 30.3 Å². The van der Waals surface area contributed by atoms with Crippen LogP contribution in [0.1, 0.15) is 24.3 Å². The molecule has 0 saturated heterocycles. The molecule has 1 aromatic rings. The van der Waals surface area contributed by atoms with Crippen molar-refractivity contribution in [1.82, 2.24) is 5.32 Å². The molecule has 0 bridgehead atoms. The Morgan fingerprint density at radius 3 is 2.65 bits per heavy atom. The van der Waals surface area contributed by atoms with Crippen molar-refractivity contribution in [1.29, 1.82) is 0 Å². The molecule has 2 unspecified atom stereocenters. The third-order valence-corrected chi connectivity index (χ3v) is 4.15. The smallest absolute Gasteiger partial charge is 0.147 e. The second-order valence-corrected chi connectivity index (χ2v) is 7.06.